The third-order valence-electron chi connectivity index (χ3n) is 4.98. The third kappa shape index (κ3) is 13.7. The van der Waals surface area contributed by atoms with Crippen molar-refractivity contribution in [3.63, 3.8) is 0 Å². The van der Waals surface area contributed by atoms with Gasteiger partial charge in [-0.1, -0.05) is 77.7 Å². The molecular weight excluding hydrogens is 328 g/mol. The largest absolute Gasteiger partial charge is 0.481 e. The first-order valence-corrected chi connectivity index (χ1v) is 10.3. The minimum atomic E-state index is -0.779. The van der Waals surface area contributed by atoms with E-state index in [9.17, 15) is 14.7 Å². The molecule has 4 nitrogen and oxygen atoms in total. The fraction of sp³-hybridized carbons (Fsp3) is 0.773. The Balaban J connectivity index is 4.25. The van der Waals surface area contributed by atoms with Gasteiger partial charge in [-0.25, -0.2) is 0 Å². The Morgan fingerprint density at radius 1 is 0.885 bits per heavy atom. The van der Waals surface area contributed by atoms with Crippen LogP contribution >= 0.6 is 0 Å². The zero-order valence-electron chi connectivity index (χ0n) is 16.5. The molecule has 2 atom stereocenters. The smallest absolute Gasteiger partial charge is 0.311 e. The number of rotatable bonds is 18. The van der Waals surface area contributed by atoms with E-state index >= 15 is 0 Å². The van der Waals surface area contributed by atoms with Gasteiger partial charge in [0, 0.05) is 6.42 Å². The van der Waals surface area contributed by atoms with Crippen LogP contribution in [0.2, 0.25) is 0 Å². The van der Waals surface area contributed by atoms with Gasteiger partial charge in [0.15, 0.2) is 0 Å². The molecule has 0 aliphatic carbocycles. The van der Waals surface area contributed by atoms with Gasteiger partial charge >= 0.3 is 11.9 Å². The molecule has 0 saturated carbocycles. The second-order valence-corrected chi connectivity index (χ2v) is 7.25. The van der Waals surface area contributed by atoms with E-state index in [-0.39, 0.29) is 12.3 Å². The molecule has 4 heteroatoms. The summed E-state index contributed by atoms with van der Waals surface area (Å²) in [5.74, 6) is -1.86. The summed E-state index contributed by atoms with van der Waals surface area (Å²) in [4.78, 5) is 22.1. The van der Waals surface area contributed by atoms with Gasteiger partial charge in [0.25, 0.3) is 0 Å². The van der Waals surface area contributed by atoms with Crippen LogP contribution in [0.25, 0.3) is 0 Å². The Bertz CT molecular complexity index is 422. The first kappa shape index (κ1) is 24.5. The first-order valence-electron chi connectivity index (χ1n) is 10.3. The van der Waals surface area contributed by atoms with E-state index in [0.717, 1.165) is 51.4 Å². The van der Waals surface area contributed by atoms with Crippen molar-refractivity contribution >= 4 is 11.9 Å². The predicted octanol–water partition coefficient (Wildman–Crippen LogP) is 6.21. The fourth-order valence-electron chi connectivity index (χ4n) is 3.44. The summed E-state index contributed by atoms with van der Waals surface area (Å²) in [5.41, 5.74) is 2.67. The quantitative estimate of drug-likeness (QED) is 0.223. The van der Waals surface area contributed by atoms with Gasteiger partial charge in [0.05, 0.1) is 5.92 Å². The molecule has 0 bridgehead atoms. The van der Waals surface area contributed by atoms with E-state index in [0.29, 0.717) is 0 Å². The van der Waals surface area contributed by atoms with E-state index in [1.165, 1.54) is 32.1 Å². The van der Waals surface area contributed by atoms with Gasteiger partial charge < -0.3 is 10.2 Å². The maximum Gasteiger partial charge on any atom is 0.311 e. The maximum atomic E-state index is 11.6. The molecule has 0 saturated heterocycles. The molecular formula is C22H38O4. The van der Waals surface area contributed by atoms with Crippen molar-refractivity contribution in [3.8, 4) is 0 Å². The lowest BCUT2D eigenvalue weighted by atomic mass is 9.83. The van der Waals surface area contributed by atoms with Crippen LogP contribution in [0, 0.1) is 11.8 Å². The van der Waals surface area contributed by atoms with Gasteiger partial charge in [-0.05, 0) is 31.3 Å². The first-order chi connectivity index (χ1) is 12.5. The molecule has 150 valence electrons. The number of unbranched alkanes of at least 4 members (excludes halogenated alkanes) is 9. The molecule has 0 radical (unpaired) electrons. The molecule has 0 aliphatic heterocycles. The van der Waals surface area contributed by atoms with Gasteiger partial charge in [-0.15, -0.1) is 5.73 Å². The van der Waals surface area contributed by atoms with Crippen molar-refractivity contribution in [3.05, 3.63) is 18.4 Å². The second kappa shape index (κ2) is 16.9. The minimum Gasteiger partial charge on any atom is -0.481 e. The summed E-state index contributed by atoms with van der Waals surface area (Å²) in [6, 6.07) is 0. The number of hydrogen-bond acceptors (Lipinski definition) is 2. The molecule has 0 rings (SSSR count). The third-order valence-corrected chi connectivity index (χ3v) is 4.98. The number of aliphatic carboxylic acids is 2. The molecule has 0 spiro atoms. The molecule has 0 amide bonds. The Kier molecular flexibility index (Phi) is 15.9. The van der Waals surface area contributed by atoms with E-state index in [4.69, 9.17) is 5.11 Å². The fourth-order valence-corrected chi connectivity index (χ4v) is 3.44. The van der Waals surface area contributed by atoms with Crippen LogP contribution < -0.4 is 0 Å². The van der Waals surface area contributed by atoms with Crippen molar-refractivity contribution in [1.82, 2.24) is 0 Å². The van der Waals surface area contributed by atoms with E-state index < -0.39 is 17.9 Å². The van der Waals surface area contributed by atoms with Crippen LogP contribution in [-0.2, 0) is 9.59 Å². The lowest BCUT2D eigenvalue weighted by Gasteiger charge is -2.21. The average Bonchev–Trinajstić information content (AvgIpc) is 2.59. The Morgan fingerprint density at radius 3 is 1.85 bits per heavy atom. The van der Waals surface area contributed by atoms with Crippen LogP contribution in [-0.4, -0.2) is 22.2 Å². The highest BCUT2D eigenvalue weighted by atomic mass is 16.4. The summed E-state index contributed by atoms with van der Waals surface area (Å²) in [5, 5.41) is 18.2. The van der Waals surface area contributed by atoms with Gasteiger partial charge in [0.1, 0.15) is 0 Å². The highest BCUT2D eigenvalue weighted by molar-refractivity contribution is 5.72. The minimum absolute atomic E-state index is 0.145. The van der Waals surface area contributed by atoms with E-state index in [2.05, 4.69) is 19.2 Å². The topological polar surface area (TPSA) is 74.6 Å². The number of carboxylic acids is 2. The van der Waals surface area contributed by atoms with Gasteiger partial charge in [0.2, 0.25) is 0 Å². The van der Waals surface area contributed by atoms with Crippen LogP contribution in [0.3, 0.4) is 0 Å². The van der Waals surface area contributed by atoms with Crippen LogP contribution in [0.5, 0.6) is 0 Å². The second-order valence-electron chi connectivity index (χ2n) is 7.25. The molecule has 0 aromatic carbocycles. The van der Waals surface area contributed by atoms with Crippen LogP contribution in [0.1, 0.15) is 96.8 Å². The molecule has 0 aromatic rings. The van der Waals surface area contributed by atoms with Gasteiger partial charge in [-0.3, -0.25) is 9.59 Å². The average molecular weight is 367 g/mol. The Morgan fingerprint density at radius 2 is 1.38 bits per heavy atom. The number of carbonyl (C=O) groups is 2. The molecule has 0 fully saturated rings. The van der Waals surface area contributed by atoms with Crippen molar-refractivity contribution in [1.29, 1.82) is 0 Å². The monoisotopic (exact) mass is 366 g/mol. The van der Waals surface area contributed by atoms with E-state index in [1.807, 2.05) is 0 Å². The summed E-state index contributed by atoms with van der Waals surface area (Å²) < 4.78 is 0. The SMILES string of the molecule is C=C=CC(C(=O)O)C(CCCCCCCC)CCCCCCCC(=O)O. The highest BCUT2D eigenvalue weighted by Crippen LogP contribution is 2.27. The summed E-state index contributed by atoms with van der Waals surface area (Å²) in [7, 11) is 0. The molecule has 0 aromatic heterocycles. The summed E-state index contributed by atoms with van der Waals surface area (Å²) in [6.07, 6.45) is 15.7. The predicted molar refractivity (Wildman–Crippen MR) is 106 cm³/mol. The molecule has 0 aliphatic rings. The summed E-state index contributed by atoms with van der Waals surface area (Å²) >= 11 is 0. The van der Waals surface area contributed by atoms with Crippen molar-refractivity contribution in [2.24, 2.45) is 11.8 Å². The maximum absolute atomic E-state index is 11.6. The van der Waals surface area contributed by atoms with Crippen LogP contribution in [0.15, 0.2) is 18.4 Å². The zero-order valence-corrected chi connectivity index (χ0v) is 16.5. The number of hydrogen-bond donors (Lipinski definition) is 2. The summed E-state index contributed by atoms with van der Waals surface area (Å²) in [6.45, 7) is 5.75. The molecule has 26 heavy (non-hydrogen) atoms. The van der Waals surface area contributed by atoms with Crippen molar-refractivity contribution in [2.75, 3.05) is 0 Å². The lowest BCUT2D eigenvalue weighted by molar-refractivity contribution is -0.142. The Hall–Kier alpha value is -1.54. The van der Waals surface area contributed by atoms with Crippen LogP contribution in [0.4, 0.5) is 0 Å². The normalized spacial score (nSPS) is 13.0. The van der Waals surface area contributed by atoms with Crippen molar-refractivity contribution in [2.45, 2.75) is 96.8 Å². The highest BCUT2D eigenvalue weighted by Gasteiger charge is 2.25. The number of carboxylic acid groups (broad SMARTS) is 2. The van der Waals surface area contributed by atoms with Gasteiger partial charge in [-0.2, -0.15) is 0 Å². The zero-order chi connectivity index (χ0) is 19.6. The van der Waals surface area contributed by atoms with E-state index in [1.54, 1.807) is 6.08 Å². The molecule has 2 unspecified atom stereocenters. The molecule has 0 heterocycles. The standard InChI is InChI=1S/C22H38O4/c1-3-5-6-7-9-12-16-19(20(15-4-2)22(25)26)17-13-10-8-11-14-18-21(23)24/h15,19-20H,2-3,5-14,16-18H2,1H3,(H,23,24)(H,25,26). The Labute approximate surface area is 159 Å². The molecule has 2 N–H and O–H groups in total. The van der Waals surface area contributed by atoms with Crippen molar-refractivity contribution < 1.29 is 19.8 Å². The lowest BCUT2D eigenvalue weighted by Crippen LogP contribution is -2.22.